The first-order chi connectivity index (χ1) is 9.33. The van der Waals surface area contributed by atoms with Crippen molar-refractivity contribution in [2.24, 2.45) is 0 Å². The van der Waals surface area contributed by atoms with Gasteiger partial charge < -0.3 is 14.5 Å². The Morgan fingerprint density at radius 1 is 1.37 bits per heavy atom. The lowest BCUT2D eigenvalue weighted by atomic mass is 10.1. The molecule has 0 aliphatic carbocycles. The summed E-state index contributed by atoms with van der Waals surface area (Å²) in [5.74, 6) is 1.59. The molecule has 1 unspecified atom stereocenters. The predicted molar refractivity (Wildman–Crippen MR) is 72.9 cm³/mol. The molecule has 0 saturated heterocycles. The molecule has 0 amide bonds. The zero-order valence-corrected chi connectivity index (χ0v) is 10.8. The molecule has 1 heterocycles. The summed E-state index contributed by atoms with van der Waals surface area (Å²) in [4.78, 5) is 0. The lowest BCUT2D eigenvalue weighted by Crippen LogP contribution is -2.08. The van der Waals surface area contributed by atoms with E-state index >= 15 is 0 Å². The maximum Gasteiger partial charge on any atom is 0.174 e. The van der Waals surface area contributed by atoms with E-state index in [1.807, 2.05) is 42.5 Å². The molecule has 0 bridgehead atoms. The lowest BCUT2D eigenvalue weighted by molar-refractivity contribution is 0.368. The Hall–Kier alpha value is -2.41. The van der Waals surface area contributed by atoms with Crippen LogP contribution in [-0.4, -0.2) is 6.61 Å². The quantitative estimate of drug-likeness (QED) is 0.855. The number of nitrogens with zero attached hydrogens (tertiary/aromatic N) is 1. The SMILES string of the molecule is CCC(Nc1cccc(OCC#N)c1)c1ccco1. The van der Waals surface area contributed by atoms with Crippen molar-refractivity contribution >= 4 is 5.69 Å². The van der Waals surface area contributed by atoms with Crippen LogP contribution in [0.25, 0.3) is 0 Å². The third-order valence-corrected chi connectivity index (χ3v) is 2.77. The number of nitrogens with one attached hydrogen (secondary N) is 1. The summed E-state index contributed by atoms with van der Waals surface area (Å²) in [6.07, 6.45) is 2.59. The van der Waals surface area contributed by atoms with Crippen molar-refractivity contribution in [1.82, 2.24) is 0 Å². The summed E-state index contributed by atoms with van der Waals surface area (Å²) >= 11 is 0. The third-order valence-electron chi connectivity index (χ3n) is 2.77. The van der Waals surface area contributed by atoms with Crippen LogP contribution in [0, 0.1) is 11.3 Å². The van der Waals surface area contributed by atoms with Crippen LogP contribution >= 0.6 is 0 Å². The average Bonchev–Trinajstić information content (AvgIpc) is 2.97. The first kappa shape index (κ1) is 13.0. The van der Waals surface area contributed by atoms with Crippen LogP contribution in [0.1, 0.15) is 25.1 Å². The van der Waals surface area contributed by atoms with E-state index < -0.39 is 0 Å². The van der Waals surface area contributed by atoms with Gasteiger partial charge in [-0.15, -0.1) is 0 Å². The number of nitriles is 1. The molecule has 0 aliphatic rings. The summed E-state index contributed by atoms with van der Waals surface area (Å²) in [7, 11) is 0. The number of hydrogen-bond donors (Lipinski definition) is 1. The van der Waals surface area contributed by atoms with Gasteiger partial charge in [-0.2, -0.15) is 5.26 Å². The Bertz CT molecular complexity index is 544. The van der Waals surface area contributed by atoms with Crippen molar-refractivity contribution in [1.29, 1.82) is 5.26 Å². The molecule has 98 valence electrons. The molecular weight excluding hydrogens is 240 g/mol. The zero-order chi connectivity index (χ0) is 13.5. The van der Waals surface area contributed by atoms with E-state index in [2.05, 4.69) is 12.2 Å². The fraction of sp³-hybridized carbons (Fsp3) is 0.267. The molecule has 0 spiro atoms. The van der Waals surface area contributed by atoms with Crippen LogP contribution < -0.4 is 10.1 Å². The van der Waals surface area contributed by atoms with Gasteiger partial charge in [0.1, 0.15) is 17.6 Å². The summed E-state index contributed by atoms with van der Waals surface area (Å²) in [6, 6.07) is 13.5. The molecule has 4 heteroatoms. The molecule has 1 aromatic heterocycles. The minimum atomic E-state index is 0.0544. The van der Waals surface area contributed by atoms with E-state index in [0.29, 0.717) is 5.75 Å². The molecule has 0 saturated carbocycles. The zero-order valence-electron chi connectivity index (χ0n) is 10.8. The van der Waals surface area contributed by atoms with Gasteiger partial charge in [-0.1, -0.05) is 13.0 Å². The highest BCUT2D eigenvalue weighted by Crippen LogP contribution is 2.25. The smallest absolute Gasteiger partial charge is 0.174 e. The van der Waals surface area contributed by atoms with Crippen LogP contribution in [0.4, 0.5) is 5.69 Å². The van der Waals surface area contributed by atoms with Gasteiger partial charge in [0.15, 0.2) is 6.61 Å². The van der Waals surface area contributed by atoms with Gasteiger partial charge in [-0.25, -0.2) is 0 Å². The van der Waals surface area contributed by atoms with E-state index in [4.69, 9.17) is 14.4 Å². The number of anilines is 1. The van der Waals surface area contributed by atoms with Crippen molar-refractivity contribution in [3.8, 4) is 11.8 Å². The highest BCUT2D eigenvalue weighted by molar-refractivity contribution is 5.49. The first-order valence-corrected chi connectivity index (χ1v) is 6.23. The monoisotopic (exact) mass is 256 g/mol. The molecular formula is C15H16N2O2. The Labute approximate surface area is 112 Å². The Balaban J connectivity index is 2.07. The van der Waals surface area contributed by atoms with E-state index in [-0.39, 0.29) is 12.6 Å². The average molecular weight is 256 g/mol. The van der Waals surface area contributed by atoms with E-state index in [9.17, 15) is 0 Å². The van der Waals surface area contributed by atoms with Gasteiger partial charge >= 0.3 is 0 Å². The standard InChI is InChI=1S/C15H16N2O2/c1-2-14(15-7-4-9-19-15)17-12-5-3-6-13(11-12)18-10-8-16/h3-7,9,11,14,17H,2,10H2,1H3. The molecule has 1 aromatic carbocycles. The highest BCUT2D eigenvalue weighted by Gasteiger charge is 2.11. The van der Waals surface area contributed by atoms with Crippen molar-refractivity contribution in [2.75, 3.05) is 11.9 Å². The Morgan fingerprint density at radius 3 is 2.95 bits per heavy atom. The maximum atomic E-state index is 8.50. The minimum Gasteiger partial charge on any atom is -0.479 e. The van der Waals surface area contributed by atoms with E-state index in [1.54, 1.807) is 6.26 Å². The normalized spacial score (nSPS) is 11.6. The van der Waals surface area contributed by atoms with Crippen molar-refractivity contribution in [2.45, 2.75) is 19.4 Å². The lowest BCUT2D eigenvalue weighted by Gasteiger charge is -2.16. The number of benzene rings is 1. The molecule has 0 aliphatic heterocycles. The summed E-state index contributed by atoms with van der Waals surface area (Å²) in [5.41, 5.74) is 0.943. The molecule has 1 N–H and O–H groups in total. The largest absolute Gasteiger partial charge is 0.479 e. The van der Waals surface area contributed by atoms with Crippen LogP contribution in [0.2, 0.25) is 0 Å². The van der Waals surface area contributed by atoms with Gasteiger partial charge in [0.25, 0.3) is 0 Å². The summed E-state index contributed by atoms with van der Waals surface area (Å²) in [5, 5.41) is 11.9. The fourth-order valence-electron chi connectivity index (χ4n) is 1.86. The van der Waals surface area contributed by atoms with Crippen molar-refractivity contribution < 1.29 is 9.15 Å². The third kappa shape index (κ3) is 3.52. The topological polar surface area (TPSA) is 58.2 Å². The Kier molecular flexibility index (Phi) is 4.46. The fourth-order valence-corrected chi connectivity index (χ4v) is 1.86. The van der Waals surface area contributed by atoms with Crippen LogP contribution in [-0.2, 0) is 0 Å². The van der Waals surface area contributed by atoms with E-state index in [1.165, 1.54) is 0 Å². The van der Waals surface area contributed by atoms with E-state index in [0.717, 1.165) is 17.9 Å². The highest BCUT2D eigenvalue weighted by atomic mass is 16.5. The number of furan rings is 1. The summed E-state index contributed by atoms with van der Waals surface area (Å²) < 4.78 is 10.7. The van der Waals surface area contributed by atoms with Gasteiger partial charge in [-0.3, -0.25) is 0 Å². The van der Waals surface area contributed by atoms with Crippen LogP contribution in [0.5, 0.6) is 5.75 Å². The van der Waals surface area contributed by atoms with Gasteiger partial charge in [-0.05, 0) is 30.7 Å². The van der Waals surface area contributed by atoms with Gasteiger partial charge in [0.2, 0.25) is 0 Å². The van der Waals surface area contributed by atoms with Crippen molar-refractivity contribution in [3.05, 3.63) is 48.4 Å². The molecule has 2 aromatic rings. The second-order valence-corrected chi connectivity index (χ2v) is 4.10. The Morgan fingerprint density at radius 2 is 2.26 bits per heavy atom. The molecule has 0 fully saturated rings. The molecule has 2 rings (SSSR count). The van der Waals surface area contributed by atoms with Gasteiger partial charge in [0.05, 0.1) is 12.3 Å². The molecule has 1 atom stereocenters. The maximum absolute atomic E-state index is 8.50. The second-order valence-electron chi connectivity index (χ2n) is 4.10. The van der Waals surface area contributed by atoms with Crippen molar-refractivity contribution in [3.63, 3.8) is 0 Å². The first-order valence-electron chi connectivity index (χ1n) is 6.23. The minimum absolute atomic E-state index is 0.0544. The van der Waals surface area contributed by atoms with Crippen LogP contribution in [0.15, 0.2) is 47.1 Å². The summed E-state index contributed by atoms with van der Waals surface area (Å²) in [6.45, 7) is 2.15. The molecule has 19 heavy (non-hydrogen) atoms. The molecule has 0 radical (unpaired) electrons. The van der Waals surface area contributed by atoms with Crippen LogP contribution in [0.3, 0.4) is 0 Å². The predicted octanol–water partition coefficient (Wildman–Crippen LogP) is 3.75. The number of hydrogen-bond acceptors (Lipinski definition) is 4. The second kappa shape index (κ2) is 6.50. The number of rotatable bonds is 6. The molecule has 4 nitrogen and oxygen atoms in total. The van der Waals surface area contributed by atoms with Gasteiger partial charge in [0, 0.05) is 11.8 Å². The number of ether oxygens (including phenoxy) is 1.